The van der Waals surface area contributed by atoms with Gasteiger partial charge in [-0.15, -0.1) is 12.1 Å². The number of hydrogen-bond donors (Lipinski definition) is 0. The van der Waals surface area contributed by atoms with Crippen molar-refractivity contribution >= 4 is 5.78 Å². The molecule has 0 spiro atoms. The summed E-state index contributed by atoms with van der Waals surface area (Å²) in [6.45, 7) is 0. The summed E-state index contributed by atoms with van der Waals surface area (Å²) in [7, 11) is 0. The summed E-state index contributed by atoms with van der Waals surface area (Å²) in [4.78, 5) is 12.4. The van der Waals surface area contributed by atoms with Crippen molar-refractivity contribution in [1.82, 2.24) is 0 Å². The molecule has 0 atom stereocenters. The molecule has 130 valence electrons. The summed E-state index contributed by atoms with van der Waals surface area (Å²) < 4.78 is 0. The molecule has 4 aromatic rings. The van der Waals surface area contributed by atoms with E-state index in [0.717, 1.165) is 33.4 Å². The van der Waals surface area contributed by atoms with Gasteiger partial charge in [-0.1, -0.05) is 42.0 Å². The first-order valence-corrected chi connectivity index (χ1v) is 8.51. The van der Waals surface area contributed by atoms with Gasteiger partial charge in [0.2, 0.25) is 0 Å². The number of rotatable bonds is 0. The molecule has 2 heteroatoms. The number of carbonyl (C=O) groups excluding carboxylic acids is 1. The van der Waals surface area contributed by atoms with Crippen LogP contribution in [0.3, 0.4) is 0 Å². The van der Waals surface area contributed by atoms with Crippen molar-refractivity contribution in [1.29, 1.82) is 0 Å². The molecule has 1 aliphatic carbocycles. The fourth-order valence-electron chi connectivity index (χ4n) is 3.03. The Labute approximate surface area is 169 Å². The predicted molar refractivity (Wildman–Crippen MR) is 105 cm³/mol. The van der Waals surface area contributed by atoms with Crippen LogP contribution in [0.5, 0.6) is 0 Å². The number of hydrogen-bond acceptors (Lipinski definition) is 1. The van der Waals surface area contributed by atoms with Crippen LogP contribution in [0.1, 0.15) is 27.0 Å². The van der Waals surface area contributed by atoms with E-state index in [4.69, 9.17) is 0 Å². The van der Waals surface area contributed by atoms with E-state index in [1.807, 2.05) is 97.1 Å². The van der Waals surface area contributed by atoms with Crippen LogP contribution in [-0.4, -0.2) is 5.78 Å². The molecule has 0 amide bonds. The van der Waals surface area contributed by atoms with Crippen molar-refractivity contribution < 1.29 is 21.9 Å². The predicted octanol–water partition coefficient (Wildman–Crippen LogP) is 5.42. The Balaban J connectivity index is 0.000000306. The van der Waals surface area contributed by atoms with E-state index in [2.05, 4.69) is 11.8 Å². The Morgan fingerprint density at radius 1 is 0.741 bits per heavy atom. The van der Waals surface area contributed by atoms with Gasteiger partial charge >= 0.3 is 17.1 Å². The zero-order chi connectivity index (χ0) is 17.8. The van der Waals surface area contributed by atoms with Gasteiger partial charge in [0.1, 0.15) is 0 Å². The molecule has 27 heavy (non-hydrogen) atoms. The van der Waals surface area contributed by atoms with Crippen LogP contribution in [0.4, 0.5) is 0 Å². The van der Waals surface area contributed by atoms with Gasteiger partial charge in [-0.3, -0.25) is 4.79 Å². The van der Waals surface area contributed by atoms with Crippen LogP contribution in [0, 0.1) is 11.8 Å². The molecular weight excluding hydrogens is 372 g/mol. The molecule has 0 aromatic heterocycles. The molecule has 1 aliphatic rings. The first kappa shape index (κ1) is 18.7. The second kappa shape index (κ2) is 8.51. The van der Waals surface area contributed by atoms with E-state index < -0.39 is 0 Å². The number of benzene rings is 2. The standard InChI is InChI=1S/C20H11O.C5H5.Fe/c21-20-18-8-4-3-7-16(18)17-12-11-15(13-19(17)20)10-9-14-5-1-2-6-14;1-2-4-5-3-1;/h1-8,11-13H;1-5H;/q2*-1;+2. The second-order valence-electron chi connectivity index (χ2n) is 6.02. The Hall–Kier alpha value is -3.11. The quantitative estimate of drug-likeness (QED) is 0.197. The Morgan fingerprint density at radius 3 is 2.07 bits per heavy atom. The molecule has 0 radical (unpaired) electrons. The largest absolute Gasteiger partial charge is 2.00 e. The van der Waals surface area contributed by atoms with E-state index in [-0.39, 0.29) is 22.9 Å². The van der Waals surface area contributed by atoms with Crippen molar-refractivity contribution in [3.05, 3.63) is 119 Å². The van der Waals surface area contributed by atoms with E-state index in [1.165, 1.54) is 0 Å². The van der Waals surface area contributed by atoms with Crippen LogP contribution >= 0.6 is 0 Å². The van der Waals surface area contributed by atoms with Gasteiger partial charge in [-0.05, 0) is 22.8 Å². The van der Waals surface area contributed by atoms with Crippen LogP contribution in [0.15, 0.2) is 97.1 Å². The van der Waals surface area contributed by atoms with E-state index in [1.54, 1.807) is 0 Å². The molecule has 0 bridgehead atoms. The molecule has 1 nitrogen and oxygen atoms in total. The number of fused-ring (bicyclic) bond motifs is 3. The number of carbonyl (C=O) groups is 1. The van der Waals surface area contributed by atoms with Gasteiger partial charge in [-0.2, -0.15) is 42.2 Å². The van der Waals surface area contributed by atoms with Crippen LogP contribution in [-0.2, 0) is 17.1 Å². The average Bonchev–Trinajstić information content (AvgIpc) is 3.45. The maximum absolute atomic E-state index is 12.4. The third-order valence-electron chi connectivity index (χ3n) is 4.30. The zero-order valence-corrected chi connectivity index (χ0v) is 15.6. The Bertz CT molecular complexity index is 1070. The molecular formula is C25H16FeO. The van der Waals surface area contributed by atoms with Crippen LogP contribution < -0.4 is 0 Å². The molecule has 0 unspecified atom stereocenters. The minimum Gasteiger partial charge on any atom is -0.289 e. The third-order valence-corrected chi connectivity index (χ3v) is 4.30. The molecule has 0 heterocycles. The van der Waals surface area contributed by atoms with Gasteiger partial charge < -0.3 is 0 Å². The Kier molecular flexibility index (Phi) is 5.89. The van der Waals surface area contributed by atoms with Gasteiger partial charge in [0.25, 0.3) is 0 Å². The fourth-order valence-corrected chi connectivity index (χ4v) is 3.03. The third kappa shape index (κ3) is 4.01. The maximum Gasteiger partial charge on any atom is 2.00 e. The van der Waals surface area contributed by atoms with Crippen molar-refractivity contribution in [2.75, 3.05) is 0 Å². The molecule has 0 saturated carbocycles. The normalized spacial score (nSPS) is 10.4. The smallest absolute Gasteiger partial charge is 0.289 e. The Morgan fingerprint density at radius 2 is 1.41 bits per heavy atom. The van der Waals surface area contributed by atoms with E-state index in [9.17, 15) is 4.79 Å². The monoisotopic (exact) mass is 388 g/mol. The zero-order valence-electron chi connectivity index (χ0n) is 14.5. The first-order valence-electron chi connectivity index (χ1n) is 8.51. The summed E-state index contributed by atoms with van der Waals surface area (Å²) in [6.07, 6.45) is 0. The minimum absolute atomic E-state index is 0. The van der Waals surface area contributed by atoms with Gasteiger partial charge in [0.05, 0.1) is 0 Å². The van der Waals surface area contributed by atoms with Crippen molar-refractivity contribution in [3.63, 3.8) is 0 Å². The van der Waals surface area contributed by atoms with Gasteiger partial charge in [0, 0.05) is 11.1 Å². The molecule has 0 aliphatic heterocycles. The second-order valence-corrected chi connectivity index (χ2v) is 6.02. The van der Waals surface area contributed by atoms with Crippen molar-refractivity contribution in [2.45, 2.75) is 0 Å². The number of ketones is 1. The summed E-state index contributed by atoms with van der Waals surface area (Å²) >= 11 is 0. The maximum atomic E-state index is 12.4. The summed E-state index contributed by atoms with van der Waals surface area (Å²) in [6, 6.07) is 31.5. The molecule has 0 saturated heterocycles. The van der Waals surface area contributed by atoms with E-state index >= 15 is 0 Å². The topological polar surface area (TPSA) is 17.1 Å². The van der Waals surface area contributed by atoms with Crippen LogP contribution in [0.2, 0.25) is 0 Å². The summed E-state index contributed by atoms with van der Waals surface area (Å²) in [5.41, 5.74) is 5.43. The molecule has 0 fully saturated rings. The summed E-state index contributed by atoms with van der Waals surface area (Å²) in [5, 5.41) is 0. The van der Waals surface area contributed by atoms with Crippen LogP contribution in [0.25, 0.3) is 11.1 Å². The van der Waals surface area contributed by atoms with Gasteiger partial charge in [-0.25, -0.2) is 12.1 Å². The first-order chi connectivity index (χ1) is 12.8. The fraction of sp³-hybridized carbons (Fsp3) is 0. The SMILES string of the molecule is O=C1c2ccccc2-c2ccc(C#C[c-]3cccc3)cc21.[Fe+2].c1cc[cH-]c1. The molecule has 4 aromatic carbocycles. The molecule has 5 rings (SSSR count). The molecule has 0 N–H and O–H groups in total. The van der Waals surface area contributed by atoms with Crippen molar-refractivity contribution in [2.24, 2.45) is 0 Å². The minimum atomic E-state index is 0. The van der Waals surface area contributed by atoms with Crippen molar-refractivity contribution in [3.8, 4) is 23.0 Å². The summed E-state index contributed by atoms with van der Waals surface area (Å²) in [5.74, 6) is 6.32. The average molecular weight is 388 g/mol. The van der Waals surface area contributed by atoms with E-state index in [0.29, 0.717) is 0 Å². The van der Waals surface area contributed by atoms with Gasteiger partial charge in [0.15, 0.2) is 5.78 Å².